The van der Waals surface area contributed by atoms with E-state index in [1.165, 1.54) is 4.90 Å². The number of nitrogens with zero attached hydrogens (tertiary/aromatic N) is 3. The summed E-state index contributed by atoms with van der Waals surface area (Å²) in [5.74, 6) is -3.05. The first-order valence-corrected chi connectivity index (χ1v) is 12.2. The Bertz CT molecular complexity index is 1410. The van der Waals surface area contributed by atoms with E-state index in [9.17, 15) is 19.5 Å². The molecule has 0 saturated carbocycles. The van der Waals surface area contributed by atoms with Gasteiger partial charge in [0.05, 0.1) is 36.2 Å². The summed E-state index contributed by atoms with van der Waals surface area (Å²) in [4.78, 5) is 41.4. The Balaban J connectivity index is 1.65. The quantitative estimate of drug-likeness (QED) is 0.426. The molecule has 1 aromatic carbocycles. The van der Waals surface area contributed by atoms with E-state index in [1.807, 2.05) is 18.4 Å². The molecule has 1 aliphatic heterocycles. The number of benzene rings is 1. The van der Waals surface area contributed by atoms with Crippen molar-refractivity contribution >= 4 is 23.7 Å². The molecule has 13 heteroatoms. The number of amides is 3. The number of hydrogen-bond donors (Lipinski definition) is 3. The van der Waals surface area contributed by atoms with Gasteiger partial charge in [-0.1, -0.05) is 0 Å². The Morgan fingerprint density at radius 2 is 1.87 bits per heavy atom. The average molecular weight is 546 g/mol. The molecule has 0 bridgehead atoms. The molecule has 2 aromatic heterocycles. The molecule has 3 aromatic rings. The highest BCUT2D eigenvalue weighted by Gasteiger charge is 2.29. The minimum Gasteiger partial charge on any atom is -0.465 e. The molecule has 0 spiro atoms. The zero-order valence-electron chi connectivity index (χ0n) is 21.9. The number of aryl methyl sites for hydroxylation is 1. The number of carbonyl (C=O) groups excluding carboxylic acids is 2. The van der Waals surface area contributed by atoms with Crippen LogP contribution in [0.3, 0.4) is 0 Å². The third-order valence-electron chi connectivity index (χ3n) is 5.93. The first-order valence-electron chi connectivity index (χ1n) is 12.2. The minimum atomic E-state index is -1.08. The number of imidazole rings is 1. The van der Waals surface area contributed by atoms with Crippen LogP contribution in [0.15, 0.2) is 30.5 Å². The van der Waals surface area contributed by atoms with Crippen molar-refractivity contribution in [3.8, 4) is 11.3 Å². The van der Waals surface area contributed by atoms with Crippen LogP contribution >= 0.6 is 0 Å². The summed E-state index contributed by atoms with van der Waals surface area (Å²) < 4.78 is 43.3. The number of ether oxygens (including phenoxy) is 2. The summed E-state index contributed by atoms with van der Waals surface area (Å²) in [6.45, 7) is 7.25. The van der Waals surface area contributed by atoms with E-state index in [-0.39, 0.29) is 37.4 Å². The van der Waals surface area contributed by atoms with Gasteiger partial charge in [0.2, 0.25) is 0 Å². The van der Waals surface area contributed by atoms with Crippen LogP contribution in [0.2, 0.25) is 0 Å². The van der Waals surface area contributed by atoms with E-state index in [2.05, 4.69) is 10.4 Å². The van der Waals surface area contributed by atoms with E-state index in [0.29, 0.717) is 11.3 Å². The summed E-state index contributed by atoms with van der Waals surface area (Å²) >= 11 is 0. The molecule has 39 heavy (non-hydrogen) atoms. The van der Waals surface area contributed by atoms with Crippen molar-refractivity contribution in [2.24, 2.45) is 0 Å². The van der Waals surface area contributed by atoms with Crippen LogP contribution in [0, 0.1) is 18.6 Å². The zero-order valence-corrected chi connectivity index (χ0v) is 21.9. The Kier molecular flexibility index (Phi) is 7.72. The first-order chi connectivity index (χ1) is 18.3. The molecule has 3 N–H and O–H groups in total. The van der Waals surface area contributed by atoms with Crippen LogP contribution < -0.4 is 10.9 Å². The largest absolute Gasteiger partial charge is 0.465 e. The number of nitrogens with one attached hydrogen (secondary N) is 2. The molecule has 4 rings (SSSR count). The van der Waals surface area contributed by atoms with Crippen LogP contribution in [-0.2, 0) is 15.9 Å². The Hall–Kier alpha value is -4.26. The summed E-state index contributed by atoms with van der Waals surface area (Å²) in [5.41, 5.74) is 4.19. The fraction of sp³-hybridized carbons (Fsp3) is 0.385. The summed E-state index contributed by atoms with van der Waals surface area (Å²) in [6, 6.07) is 5.24. The van der Waals surface area contributed by atoms with E-state index in [4.69, 9.17) is 9.47 Å². The Labute approximate surface area is 222 Å². The molecule has 3 heterocycles. The third kappa shape index (κ3) is 6.42. The lowest BCUT2D eigenvalue weighted by atomic mass is 10.0. The monoisotopic (exact) mass is 545 g/mol. The molecule has 11 nitrogen and oxygen atoms in total. The predicted octanol–water partition coefficient (Wildman–Crippen LogP) is 3.68. The number of morpholine rings is 1. The molecule has 1 saturated heterocycles. The number of pyridine rings is 1. The van der Waals surface area contributed by atoms with Gasteiger partial charge >= 0.3 is 12.2 Å². The number of fused-ring (bicyclic) bond motifs is 1. The van der Waals surface area contributed by atoms with Gasteiger partial charge in [-0.15, -0.1) is 0 Å². The van der Waals surface area contributed by atoms with Crippen LogP contribution in [0.4, 0.5) is 18.4 Å². The van der Waals surface area contributed by atoms with E-state index in [0.717, 1.165) is 17.7 Å². The lowest BCUT2D eigenvalue weighted by molar-refractivity contribution is -0.0214. The molecule has 0 radical (unpaired) electrons. The highest BCUT2D eigenvalue weighted by atomic mass is 19.1. The number of carboxylic acid groups (broad SMARTS) is 1. The maximum absolute atomic E-state index is 15.4. The van der Waals surface area contributed by atoms with Crippen molar-refractivity contribution in [1.82, 2.24) is 25.1 Å². The maximum atomic E-state index is 15.4. The molecule has 3 amide bonds. The lowest BCUT2D eigenvalue weighted by Crippen LogP contribution is -2.45. The average Bonchev–Trinajstić information content (AvgIpc) is 3.17. The van der Waals surface area contributed by atoms with Gasteiger partial charge in [-0.2, -0.15) is 0 Å². The highest BCUT2D eigenvalue weighted by Crippen LogP contribution is 2.32. The minimum absolute atomic E-state index is 0.00508. The Morgan fingerprint density at radius 1 is 1.18 bits per heavy atom. The normalized spacial score (nSPS) is 15.7. The smallest absolute Gasteiger partial charge is 0.426 e. The number of aromatic nitrogens is 2. The third-order valence-corrected chi connectivity index (χ3v) is 5.93. The maximum Gasteiger partial charge on any atom is 0.426 e. The molecule has 208 valence electrons. The number of hydrazine groups is 1. The van der Waals surface area contributed by atoms with Gasteiger partial charge in [0.1, 0.15) is 22.9 Å². The second kappa shape index (κ2) is 10.8. The van der Waals surface area contributed by atoms with Crippen molar-refractivity contribution < 1.29 is 37.7 Å². The van der Waals surface area contributed by atoms with Gasteiger partial charge in [0.25, 0.3) is 5.91 Å². The molecule has 1 unspecified atom stereocenters. The fourth-order valence-electron chi connectivity index (χ4n) is 4.24. The Morgan fingerprint density at radius 3 is 2.51 bits per heavy atom. The van der Waals surface area contributed by atoms with Crippen LogP contribution in [0.5, 0.6) is 0 Å². The lowest BCUT2D eigenvalue weighted by Gasteiger charge is -2.31. The zero-order chi connectivity index (χ0) is 28.5. The van der Waals surface area contributed by atoms with Gasteiger partial charge < -0.3 is 23.9 Å². The van der Waals surface area contributed by atoms with E-state index >= 15 is 8.78 Å². The first kappa shape index (κ1) is 27.8. The molecular formula is C26H29F2N5O6. The molecule has 1 aliphatic rings. The van der Waals surface area contributed by atoms with Crippen molar-refractivity contribution in [2.45, 2.75) is 45.8 Å². The highest BCUT2D eigenvalue weighted by molar-refractivity contribution is 5.95. The van der Waals surface area contributed by atoms with Gasteiger partial charge in [0, 0.05) is 24.7 Å². The second-order valence-corrected chi connectivity index (χ2v) is 10.2. The molecular weight excluding hydrogens is 516 g/mol. The summed E-state index contributed by atoms with van der Waals surface area (Å²) in [6.07, 6.45) is -0.739. The van der Waals surface area contributed by atoms with Crippen LogP contribution in [0.25, 0.3) is 16.9 Å². The van der Waals surface area contributed by atoms with E-state index < -0.39 is 47.0 Å². The molecule has 1 fully saturated rings. The summed E-state index contributed by atoms with van der Waals surface area (Å²) in [7, 11) is 0. The summed E-state index contributed by atoms with van der Waals surface area (Å²) in [5, 5.41) is 9.37. The van der Waals surface area contributed by atoms with Crippen molar-refractivity contribution in [2.75, 3.05) is 19.7 Å². The number of halogens is 2. The molecule has 1 atom stereocenters. The fourth-order valence-corrected chi connectivity index (χ4v) is 4.24. The number of rotatable bonds is 4. The SMILES string of the molecule is Cc1ccn2c(CC3CN(C(=O)O)CCO3)c(-c3c(F)cc(C(=O)NNC(=O)OC(C)(C)C)cc3F)nc2c1. The topological polar surface area (TPSA) is 134 Å². The van der Waals surface area contributed by atoms with Gasteiger partial charge in [-0.25, -0.2) is 28.8 Å². The number of hydrogen-bond acceptors (Lipinski definition) is 6. The van der Waals surface area contributed by atoms with Crippen molar-refractivity contribution in [3.63, 3.8) is 0 Å². The molecule has 0 aliphatic carbocycles. The van der Waals surface area contributed by atoms with Crippen molar-refractivity contribution in [1.29, 1.82) is 0 Å². The van der Waals surface area contributed by atoms with Crippen LogP contribution in [-0.4, -0.2) is 68.9 Å². The van der Waals surface area contributed by atoms with Gasteiger partial charge in [-0.3, -0.25) is 10.2 Å². The van der Waals surface area contributed by atoms with Crippen LogP contribution in [0.1, 0.15) is 42.4 Å². The second-order valence-electron chi connectivity index (χ2n) is 10.2. The van der Waals surface area contributed by atoms with E-state index in [1.54, 1.807) is 37.4 Å². The number of carbonyl (C=O) groups is 3. The van der Waals surface area contributed by atoms with Gasteiger partial charge in [-0.05, 0) is 57.5 Å². The van der Waals surface area contributed by atoms with Gasteiger partial charge in [0.15, 0.2) is 0 Å². The van der Waals surface area contributed by atoms with Crippen molar-refractivity contribution in [3.05, 3.63) is 58.9 Å². The standard InChI is InChI=1S/C26H29F2N5O6/c1-14-5-6-33-19(12-16-13-32(25(36)37)7-8-38-16)22(29-20(33)9-14)21-17(27)10-15(11-18(21)28)23(34)30-31-24(35)39-26(2,3)4/h5-6,9-11,16H,7-8,12-13H2,1-4H3,(H,30,34)(H,31,35)(H,36,37). The predicted molar refractivity (Wildman–Crippen MR) is 135 cm³/mol.